The molecule has 1 aromatic heterocycles. The fraction of sp³-hybridized carbons (Fsp3) is 0.467. The summed E-state index contributed by atoms with van der Waals surface area (Å²) in [5, 5.41) is 3.79. The Labute approximate surface area is 128 Å². The highest BCUT2D eigenvalue weighted by atomic mass is 32.2. The maximum absolute atomic E-state index is 11.9. The van der Waals surface area contributed by atoms with Crippen LogP contribution in [0.15, 0.2) is 29.4 Å². The number of hydrogen-bond donors (Lipinski definition) is 1. The Morgan fingerprint density at radius 2 is 2.38 bits per heavy atom. The Balaban J connectivity index is 1.53. The van der Waals surface area contributed by atoms with Crippen LogP contribution in [0.4, 0.5) is 0 Å². The lowest BCUT2D eigenvalue weighted by Gasteiger charge is -2.10. The topological polar surface area (TPSA) is 56.2 Å². The summed E-state index contributed by atoms with van der Waals surface area (Å²) in [4.78, 5) is 16.4. The minimum absolute atomic E-state index is 0.0301. The number of nitrogens with one attached hydrogen (secondary N) is 1. The van der Waals surface area contributed by atoms with Gasteiger partial charge in [-0.05, 0) is 25.0 Å². The van der Waals surface area contributed by atoms with Crippen molar-refractivity contribution in [1.82, 2.24) is 14.9 Å². The number of thioether (sulfide) groups is 1. The van der Waals surface area contributed by atoms with Crippen LogP contribution in [0.2, 0.25) is 0 Å². The third kappa shape index (κ3) is 3.39. The molecule has 3 rings (SSSR count). The van der Waals surface area contributed by atoms with Crippen LogP contribution in [0.5, 0.6) is 0 Å². The van der Waals surface area contributed by atoms with E-state index in [4.69, 9.17) is 4.74 Å². The molecular formula is C15H19N3O2S. The highest BCUT2D eigenvalue weighted by molar-refractivity contribution is 7.99. The lowest BCUT2D eigenvalue weighted by molar-refractivity contribution is -0.119. The van der Waals surface area contributed by atoms with E-state index in [0.717, 1.165) is 35.6 Å². The van der Waals surface area contributed by atoms with E-state index < -0.39 is 0 Å². The lowest BCUT2D eigenvalue weighted by Crippen LogP contribution is -2.32. The van der Waals surface area contributed by atoms with E-state index in [1.807, 2.05) is 35.9 Å². The minimum atomic E-state index is 0.0301. The van der Waals surface area contributed by atoms with Crippen molar-refractivity contribution in [2.45, 2.75) is 24.1 Å². The largest absolute Gasteiger partial charge is 0.376 e. The average molecular weight is 305 g/mol. The number of imidazole rings is 1. The van der Waals surface area contributed by atoms with E-state index in [1.165, 1.54) is 11.8 Å². The van der Waals surface area contributed by atoms with Crippen molar-refractivity contribution in [3.63, 3.8) is 0 Å². The number of amides is 1. The van der Waals surface area contributed by atoms with Crippen molar-refractivity contribution in [3.8, 4) is 0 Å². The molecule has 1 aliphatic heterocycles. The molecule has 112 valence electrons. The number of aromatic nitrogens is 2. The molecule has 2 heterocycles. The predicted molar refractivity (Wildman–Crippen MR) is 83.4 cm³/mol. The zero-order valence-corrected chi connectivity index (χ0v) is 12.9. The maximum Gasteiger partial charge on any atom is 0.230 e. The molecule has 21 heavy (non-hydrogen) atoms. The van der Waals surface area contributed by atoms with E-state index >= 15 is 0 Å². The molecule has 0 aliphatic carbocycles. The molecular weight excluding hydrogens is 286 g/mol. The molecule has 1 N–H and O–H groups in total. The second-order valence-electron chi connectivity index (χ2n) is 5.17. The van der Waals surface area contributed by atoms with Crippen LogP contribution in [-0.2, 0) is 16.6 Å². The van der Waals surface area contributed by atoms with Crippen molar-refractivity contribution in [2.75, 3.05) is 18.9 Å². The van der Waals surface area contributed by atoms with E-state index in [0.29, 0.717) is 12.3 Å². The smallest absolute Gasteiger partial charge is 0.230 e. The number of para-hydroxylation sites is 2. The summed E-state index contributed by atoms with van der Waals surface area (Å²) < 4.78 is 7.51. The molecule has 5 nitrogen and oxygen atoms in total. The molecule has 6 heteroatoms. The lowest BCUT2D eigenvalue weighted by atomic mass is 10.2. The first-order valence-corrected chi connectivity index (χ1v) is 8.15. The molecule has 1 fully saturated rings. The first-order valence-electron chi connectivity index (χ1n) is 7.16. The van der Waals surface area contributed by atoms with E-state index in [9.17, 15) is 4.79 Å². The van der Waals surface area contributed by atoms with Gasteiger partial charge in [0.15, 0.2) is 5.16 Å². The van der Waals surface area contributed by atoms with Crippen LogP contribution >= 0.6 is 11.8 Å². The maximum atomic E-state index is 11.9. The van der Waals surface area contributed by atoms with Crippen LogP contribution < -0.4 is 5.32 Å². The summed E-state index contributed by atoms with van der Waals surface area (Å²) in [6.45, 7) is 1.43. The number of fused-ring (bicyclic) bond motifs is 1. The first kappa shape index (κ1) is 14.4. The Hall–Kier alpha value is -1.53. The molecule has 1 saturated heterocycles. The number of hydrogen-bond acceptors (Lipinski definition) is 4. The van der Waals surface area contributed by atoms with Crippen LogP contribution in [0.3, 0.4) is 0 Å². The van der Waals surface area contributed by atoms with Crippen LogP contribution in [0, 0.1) is 0 Å². The van der Waals surface area contributed by atoms with Gasteiger partial charge in [0.25, 0.3) is 0 Å². The van der Waals surface area contributed by atoms with E-state index in [1.54, 1.807) is 0 Å². The molecule has 1 atom stereocenters. The van der Waals surface area contributed by atoms with Gasteiger partial charge in [-0.25, -0.2) is 4.98 Å². The molecule has 0 bridgehead atoms. The summed E-state index contributed by atoms with van der Waals surface area (Å²) >= 11 is 1.46. The average Bonchev–Trinajstić information content (AvgIpc) is 3.12. The van der Waals surface area contributed by atoms with Crippen molar-refractivity contribution in [2.24, 2.45) is 7.05 Å². The van der Waals surface area contributed by atoms with Gasteiger partial charge in [0.1, 0.15) is 0 Å². The Morgan fingerprint density at radius 1 is 1.52 bits per heavy atom. The highest BCUT2D eigenvalue weighted by Crippen LogP contribution is 2.22. The fourth-order valence-corrected chi connectivity index (χ4v) is 3.28. The third-order valence-electron chi connectivity index (χ3n) is 3.63. The highest BCUT2D eigenvalue weighted by Gasteiger charge is 2.16. The molecule has 1 amide bonds. The predicted octanol–water partition coefficient (Wildman–Crippen LogP) is 1.96. The van der Waals surface area contributed by atoms with Crippen LogP contribution in [-0.4, -0.2) is 40.5 Å². The molecule has 0 radical (unpaired) electrons. The van der Waals surface area contributed by atoms with Gasteiger partial charge in [-0.2, -0.15) is 0 Å². The van der Waals surface area contributed by atoms with Gasteiger partial charge >= 0.3 is 0 Å². The minimum Gasteiger partial charge on any atom is -0.376 e. The van der Waals surface area contributed by atoms with Crippen LogP contribution in [0.25, 0.3) is 11.0 Å². The van der Waals surface area contributed by atoms with Gasteiger partial charge in [0, 0.05) is 20.2 Å². The SMILES string of the molecule is Cn1c(SCC(=O)NCC2CCCO2)nc2ccccc21. The zero-order valence-electron chi connectivity index (χ0n) is 12.0. The molecule has 1 unspecified atom stereocenters. The number of nitrogens with zero attached hydrogens (tertiary/aromatic N) is 2. The Morgan fingerprint density at radius 3 is 3.14 bits per heavy atom. The fourth-order valence-electron chi connectivity index (χ4n) is 2.47. The van der Waals surface area contributed by atoms with Crippen LogP contribution in [0.1, 0.15) is 12.8 Å². The van der Waals surface area contributed by atoms with E-state index in [-0.39, 0.29) is 12.0 Å². The summed E-state index contributed by atoms with van der Waals surface area (Å²) in [5.74, 6) is 0.409. The molecule has 1 aromatic carbocycles. The number of rotatable bonds is 5. The number of ether oxygens (including phenoxy) is 1. The van der Waals surface area contributed by atoms with Gasteiger partial charge in [-0.3, -0.25) is 4.79 Å². The van der Waals surface area contributed by atoms with Crippen molar-refractivity contribution in [3.05, 3.63) is 24.3 Å². The van der Waals surface area contributed by atoms with Gasteiger partial charge in [0.05, 0.1) is 22.9 Å². The number of carbonyl (C=O) groups is 1. The zero-order chi connectivity index (χ0) is 14.7. The third-order valence-corrected chi connectivity index (χ3v) is 4.66. The number of aryl methyl sites for hydroxylation is 1. The summed E-state index contributed by atoms with van der Waals surface area (Å²) in [7, 11) is 1.97. The summed E-state index contributed by atoms with van der Waals surface area (Å²) in [6, 6.07) is 7.98. The molecule has 0 spiro atoms. The Bertz CT molecular complexity index is 635. The first-order chi connectivity index (χ1) is 10.2. The molecule has 1 aliphatic rings. The summed E-state index contributed by atoms with van der Waals surface area (Å²) in [5.41, 5.74) is 2.04. The van der Waals surface area contributed by atoms with Gasteiger partial charge < -0.3 is 14.6 Å². The van der Waals surface area contributed by atoms with Crippen molar-refractivity contribution >= 4 is 28.7 Å². The van der Waals surface area contributed by atoms with Gasteiger partial charge in [-0.15, -0.1) is 0 Å². The Kier molecular flexibility index (Phi) is 4.45. The molecule has 0 saturated carbocycles. The van der Waals surface area contributed by atoms with Gasteiger partial charge in [-0.1, -0.05) is 23.9 Å². The monoisotopic (exact) mass is 305 g/mol. The van der Waals surface area contributed by atoms with E-state index in [2.05, 4.69) is 10.3 Å². The summed E-state index contributed by atoms with van der Waals surface area (Å²) in [6.07, 6.45) is 2.32. The quantitative estimate of drug-likeness (QED) is 0.858. The van der Waals surface area contributed by atoms with Crippen molar-refractivity contribution in [1.29, 1.82) is 0 Å². The van der Waals surface area contributed by atoms with Crippen molar-refractivity contribution < 1.29 is 9.53 Å². The standard InChI is InChI=1S/C15H19N3O2S/c1-18-13-7-3-2-6-12(13)17-15(18)21-10-14(19)16-9-11-5-4-8-20-11/h2-3,6-7,11H,4-5,8-10H2,1H3,(H,16,19). The number of benzene rings is 1. The normalized spacial score (nSPS) is 18.2. The second kappa shape index (κ2) is 6.49. The number of carbonyl (C=O) groups excluding carboxylic acids is 1. The second-order valence-corrected chi connectivity index (χ2v) is 6.11. The van der Waals surface area contributed by atoms with Gasteiger partial charge in [0.2, 0.25) is 5.91 Å². The molecule has 2 aromatic rings.